The van der Waals surface area contributed by atoms with E-state index in [0.717, 1.165) is 37.7 Å². The zero-order chi connectivity index (χ0) is 18.5. The Morgan fingerprint density at radius 2 is 1.85 bits per heavy atom. The average molecular weight is 375 g/mol. The average Bonchev–Trinajstić information content (AvgIpc) is 3.34. The molecule has 0 N–H and O–H groups in total. The van der Waals surface area contributed by atoms with E-state index in [1.165, 1.54) is 23.5 Å². The van der Waals surface area contributed by atoms with Gasteiger partial charge < -0.3 is 4.57 Å². The van der Waals surface area contributed by atoms with E-state index in [0.29, 0.717) is 0 Å². The summed E-state index contributed by atoms with van der Waals surface area (Å²) in [7, 11) is 2.03. The van der Waals surface area contributed by atoms with Crippen molar-refractivity contribution >= 4 is 32.9 Å². The van der Waals surface area contributed by atoms with E-state index in [-0.39, 0.29) is 5.69 Å². The SMILES string of the molecule is Cn1cc(-c2nn3cc(-c4ccc([N+](=O)[O-])cc4)nc3s2)c2ccccc21. The van der Waals surface area contributed by atoms with Gasteiger partial charge in [0.25, 0.3) is 5.69 Å². The van der Waals surface area contributed by atoms with Crippen LogP contribution in [-0.2, 0) is 7.05 Å². The molecule has 0 aliphatic carbocycles. The van der Waals surface area contributed by atoms with Crippen molar-refractivity contribution in [3.63, 3.8) is 0 Å². The minimum Gasteiger partial charge on any atom is -0.350 e. The summed E-state index contributed by atoms with van der Waals surface area (Å²) in [5.41, 5.74) is 3.88. The Hall–Kier alpha value is -3.52. The highest BCUT2D eigenvalue weighted by molar-refractivity contribution is 7.20. The third-order valence-corrected chi connectivity index (χ3v) is 5.50. The maximum atomic E-state index is 10.8. The van der Waals surface area contributed by atoms with E-state index < -0.39 is 4.92 Å². The lowest BCUT2D eigenvalue weighted by Gasteiger charge is -1.96. The van der Waals surface area contributed by atoms with Crippen molar-refractivity contribution < 1.29 is 4.92 Å². The fourth-order valence-electron chi connectivity index (χ4n) is 3.21. The predicted octanol–water partition coefficient (Wildman–Crippen LogP) is 4.52. The zero-order valence-corrected chi connectivity index (χ0v) is 15.1. The van der Waals surface area contributed by atoms with Crippen LogP contribution < -0.4 is 0 Å². The van der Waals surface area contributed by atoms with Gasteiger partial charge in [-0.25, -0.2) is 9.50 Å². The summed E-state index contributed by atoms with van der Waals surface area (Å²) in [5, 5.41) is 17.5. The van der Waals surface area contributed by atoms with Crippen molar-refractivity contribution in [2.24, 2.45) is 7.05 Å². The number of hydrogen-bond donors (Lipinski definition) is 0. The van der Waals surface area contributed by atoms with Gasteiger partial charge in [0.15, 0.2) is 0 Å². The Morgan fingerprint density at radius 3 is 2.59 bits per heavy atom. The van der Waals surface area contributed by atoms with Crippen LogP contribution in [0.3, 0.4) is 0 Å². The van der Waals surface area contributed by atoms with Gasteiger partial charge in [0.05, 0.1) is 16.8 Å². The molecule has 27 heavy (non-hydrogen) atoms. The molecule has 0 unspecified atom stereocenters. The molecule has 0 saturated carbocycles. The van der Waals surface area contributed by atoms with Crippen molar-refractivity contribution in [3.05, 3.63) is 71.0 Å². The molecule has 5 rings (SSSR count). The van der Waals surface area contributed by atoms with Gasteiger partial charge in [0.1, 0.15) is 5.01 Å². The molecule has 0 aliphatic rings. The minimum atomic E-state index is -0.409. The van der Waals surface area contributed by atoms with E-state index >= 15 is 0 Å². The van der Waals surface area contributed by atoms with Gasteiger partial charge in [0, 0.05) is 47.4 Å². The maximum absolute atomic E-state index is 10.8. The van der Waals surface area contributed by atoms with Gasteiger partial charge in [-0.15, -0.1) is 0 Å². The smallest absolute Gasteiger partial charge is 0.269 e. The van der Waals surface area contributed by atoms with Gasteiger partial charge in [-0.3, -0.25) is 10.1 Å². The second kappa shape index (κ2) is 5.75. The summed E-state index contributed by atoms with van der Waals surface area (Å²) in [6.45, 7) is 0. The molecule has 3 heterocycles. The van der Waals surface area contributed by atoms with Crippen molar-refractivity contribution in [2.45, 2.75) is 0 Å². The number of nitrogens with zero attached hydrogens (tertiary/aromatic N) is 5. The monoisotopic (exact) mass is 375 g/mol. The normalized spacial score (nSPS) is 11.4. The number of hydrogen-bond acceptors (Lipinski definition) is 5. The minimum absolute atomic E-state index is 0.0659. The molecule has 0 aliphatic heterocycles. The molecule has 132 valence electrons. The third kappa shape index (κ3) is 2.49. The van der Waals surface area contributed by atoms with Gasteiger partial charge in [0.2, 0.25) is 4.96 Å². The molecule has 0 fully saturated rings. The molecular weight excluding hydrogens is 362 g/mol. The highest BCUT2D eigenvalue weighted by Crippen LogP contribution is 2.34. The highest BCUT2D eigenvalue weighted by atomic mass is 32.1. The van der Waals surface area contributed by atoms with Crippen LogP contribution in [0.1, 0.15) is 0 Å². The quantitative estimate of drug-likeness (QED) is 0.343. The number of benzene rings is 2. The second-order valence-corrected chi connectivity index (χ2v) is 7.19. The van der Waals surface area contributed by atoms with E-state index in [1.807, 2.05) is 25.4 Å². The topological polar surface area (TPSA) is 78.3 Å². The maximum Gasteiger partial charge on any atom is 0.269 e. The molecule has 0 amide bonds. The number of aromatic nitrogens is 4. The number of non-ortho nitro benzene ring substituents is 1. The molecule has 0 saturated heterocycles. The van der Waals surface area contributed by atoms with Gasteiger partial charge in [-0.1, -0.05) is 29.5 Å². The number of rotatable bonds is 3. The van der Waals surface area contributed by atoms with E-state index in [2.05, 4.69) is 33.0 Å². The van der Waals surface area contributed by atoms with E-state index in [4.69, 9.17) is 0 Å². The van der Waals surface area contributed by atoms with Crippen LogP contribution in [0.5, 0.6) is 0 Å². The Balaban J connectivity index is 1.56. The summed E-state index contributed by atoms with van der Waals surface area (Å²) >= 11 is 1.52. The van der Waals surface area contributed by atoms with Crippen molar-refractivity contribution in [2.75, 3.05) is 0 Å². The molecule has 7 nitrogen and oxygen atoms in total. The zero-order valence-electron chi connectivity index (χ0n) is 14.2. The first kappa shape index (κ1) is 15.7. The summed E-state index contributed by atoms with van der Waals surface area (Å²) < 4.78 is 3.86. The van der Waals surface area contributed by atoms with E-state index in [9.17, 15) is 10.1 Å². The van der Waals surface area contributed by atoms with Gasteiger partial charge in [-0.2, -0.15) is 5.10 Å². The van der Waals surface area contributed by atoms with Crippen LogP contribution in [0.4, 0.5) is 5.69 Å². The molecule has 2 aromatic carbocycles. The number of fused-ring (bicyclic) bond motifs is 2. The van der Waals surface area contributed by atoms with Crippen molar-refractivity contribution in [3.8, 4) is 21.8 Å². The van der Waals surface area contributed by atoms with Crippen LogP contribution in [0, 0.1) is 10.1 Å². The largest absolute Gasteiger partial charge is 0.350 e. The molecule has 0 spiro atoms. The lowest BCUT2D eigenvalue weighted by molar-refractivity contribution is -0.384. The first-order valence-corrected chi connectivity index (χ1v) is 9.07. The lowest BCUT2D eigenvalue weighted by atomic mass is 10.1. The lowest BCUT2D eigenvalue weighted by Crippen LogP contribution is -1.87. The summed E-state index contributed by atoms with van der Waals surface area (Å²) in [6, 6.07) is 14.6. The Morgan fingerprint density at radius 1 is 1.07 bits per heavy atom. The third-order valence-electron chi connectivity index (χ3n) is 4.54. The number of para-hydroxylation sites is 1. The fourth-order valence-corrected chi connectivity index (χ4v) is 4.12. The molecule has 0 bridgehead atoms. The molecule has 8 heteroatoms. The molecule has 0 radical (unpaired) electrons. The van der Waals surface area contributed by atoms with Crippen LogP contribution in [0.2, 0.25) is 0 Å². The highest BCUT2D eigenvalue weighted by Gasteiger charge is 2.15. The molecule has 5 aromatic rings. The second-order valence-electron chi connectivity index (χ2n) is 6.24. The predicted molar refractivity (Wildman–Crippen MR) is 105 cm³/mol. The Labute approximate surface area is 157 Å². The van der Waals surface area contributed by atoms with Crippen LogP contribution >= 0.6 is 11.3 Å². The first-order chi connectivity index (χ1) is 13.1. The van der Waals surface area contributed by atoms with Crippen molar-refractivity contribution in [1.29, 1.82) is 0 Å². The van der Waals surface area contributed by atoms with Crippen LogP contribution in [0.25, 0.3) is 37.7 Å². The van der Waals surface area contributed by atoms with Crippen molar-refractivity contribution in [1.82, 2.24) is 19.2 Å². The Kier molecular flexibility index (Phi) is 3.34. The number of aryl methyl sites for hydroxylation is 1. The first-order valence-electron chi connectivity index (χ1n) is 8.25. The number of nitro benzene ring substituents is 1. The fraction of sp³-hybridized carbons (Fsp3) is 0.0526. The van der Waals surface area contributed by atoms with Crippen LogP contribution in [0.15, 0.2) is 60.9 Å². The summed E-state index contributed by atoms with van der Waals surface area (Å²) in [5.74, 6) is 0. The summed E-state index contributed by atoms with van der Waals surface area (Å²) in [4.78, 5) is 15.8. The number of imidazole rings is 1. The number of nitro groups is 1. The molecular formula is C19H13N5O2S. The summed E-state index contributed by atoms with van der Waals surface area (Å²) in [6.07, 6.45) is 3.93. The Bertz CT molecular complexity index is 1280. The molecule has 3 aromatic heterocycles. The standard InChI is InChI=1S/C19H13N5O2S/c1-22-10-15(14-4-2-3-5-17(14)22)18-21-23-11-16(20-19(23)27-18)12-6-8-13(9-7-12)24(25)26/h2-11H,1H3. The van der Waals surface area contributed by atoms with E-state index in [1.54, 1.807) is 16.6 Å². The van der Waals surface area contributed by atoms with Crippen LogP contribution in [-0.4, -0.2) is 24.1 Å². The van der Waals surface area contributed by atoms with Gasteiger partial charge >= 0.3 is 0 Å². The van der Waals surface area contributed by atoms with Gasteiger partial charge in [-0.05, 0) is 18.2 Å². The molecule has 0 atom stereocenters.